The lowest BCUT2D eigenvalue weighted by atomic mass is 10.2. The molecule has 86 valence electrons. The molecule has 2 rings (SSSR count). The summed E-state index contributed by atoms with van der Waals surface area (Å²) in [5, 5.41) is 1.18. The average Bonchev–Trinajstić information content (AvgIpc) is 2.58. The summed E-state index contributed by atoms with van der Waals surface area (Å²) in [5.41, 5.74) is 9.49. The predicted octanol–water partition coefficient (Wildman–Crippen LogP) is 3.67. The number of aromatic nitrogens is 1. The number of fused-ring (bicyclic) bond motifs is 1. The van der Waals surface area contributed by atoms with Gasteiger partial charge in [0.05, 0.1) is 5.52 Å². The van der Waals surface area contributed by atoms with Crippen LogP contribution in [0.4, 0.5) is 5.69 Å². The van der Waals surface area contributed by atoms with Gasteiger partial charge < -0.3 is 10.3 Å². The standard InChI is InChI=1S/C13H18N2S/c1-9(2)15-10(8-16-3)7-11-12(14)5-4-6-13(11)15/h4-7,9H,8,14H2,1-3H3. The quantitative estimate of drug-likeness (QED) is 0.821. The minimum atomic E-state index is 0.474. The second-order valence-electron chi connectivity index (χ2n) is 4.31. The second-order valence-corrected chi connectivity index (χ2v) is 5.18. The molecule has 16 heavy (non-hydrogen) atoms. The van der Waals surface area contributed by atoms with Crippen LogP contribution in [0, 0.1) is 0 Å². The maximum Gasteiger partial charge on any atom is 0.0506 e. The van der Waals surface area contributed by atoms with Crippen molar-refractivity contribution in [3.8, 4) is 0 Å². The van der Waals surface area contributed by atoms with E-state index in [1.807, 2.05) is 23.9 Å². The first-order valence-corrected chi connectivity index (χ1v) is 6.91. The number of thioether (sulfide) groups is 1. The van der Waals surface area contributed by atoms with E-state index >= 15 is 0 Å². The number of benzene rings is 1. The highest BCUT2D eigenvalue weighted by Crippen LogP contribution is 2.29. The van der Waals surface area contributed by atoms with Gasteiger partial charge in [0.1, 0.15) is 0 Å². The molecular weight excluding hydrogens is 216 g/mol. The van der Waals surface area contributed by atoms with Crippen molar-refractivity contribution in [2.75, 3.05) is 12.0 Å². The molecule has 1 aromatic carbocycles. The number of nitrogens with zero attached hydrogens (tertiary/aromatic N) is 1. The van der Waals surface area contributed by atoms with Gasteiger partial charge in [0, 0.05) is 28.6 Å². The van der Waals surface area contributed by atoms with Gasteiger partial charge in [-0.3, -0.25) is 0 Å². The lowest BCUT2D eigenvalue weighted by molar-refractivity contribution is 0.606. The van der Waals surface area contributed by atoms with Crippen molar-refractivity contribution in [2.45, 2.75) is 25.6 Å². The summed E-state index contributed by atoms with van der Waals surface area (Å²) in [5.74, 6) is 1.03. The van der Waals surface area contributed by atoms with E-state index in [1.54, 1.807) is 0 Å². The van der Waals surface area contributed by atoms with Crippen LogP contribution in [0.1, 0.15) is 25.6 Å². The Labute approximate surface area is 101 Å². The average molecular weight is 234 g/mol. The molecule has 1 heterocycles. The maximum atomic E-state index is 6.01. The van der Waals surface area contributed by atoms with Crippen molar-refractivity contribution in [3.05, 3.63) is 30.0 Å². The van der Waals surface area contributed by atoms with E-state index < -0.39 is 0 Å². The fourth-order valence-corrected chi connectivity index (χ4v) is 2.72. The number of anilines is 1. The summed E-state index contributed by atoms with van der Waals surface area (Å²) in [4.78, 5) is 0. The highest BCUT2D eigenvalue weighted by molar-refractivity contribution is 7.97. The van der Waals surface area contributed by atoms with Crippen LogP contribution in [0.15, 0.2) is 24.3 Å². The summed E-state index contributed by atoms with van der Waals surface area (Å²) in [6.07, 6.45) is 2.13. The predicted molar refractivity (Wildman–Crippen MR) is 74.0 cm³/mol. The fourth-order valence-electron chi connectivity index (χ4n) is 2.20. The van der Waals surface area contributed by atoms with Crippen molar-refractivity contribution in [1.82, 2.24) is 4.57 Å². The van der Waals surface area contributed by atoms with Gasteiger partial charge in [0.15, 0.2) is 0 Å². The highest BCUT2D eigenvalue weighted by Gasteiger charge is 2.12. The molecule has 2 aromatic rings. The Morgan fingerprint density at radius 3 is 2.75 bits per heavy atom. The van der Waals surface area contributed by atoms with E-state index in [4.69, 9.17) is 5.73 Å². The Hall–Kier alpha value is -1.09. The molecule has 3 heteroatoms. The molecule has 0 radical (unpaired) electrons. The summed E-state index contributed by atoms with van der Waals surface area (Å²) < 4.78 is 2.38. The first-order valence-electron chi connectivity index (χ1n) is 5.52. The maximum absolute atomic E-state index is 6.01. The van der Waals surface area contributed by atoms with E-state index in [0.717, 1.165) is 11.4 Å². The highest BCUT2D eigenvalue weighted by atomic mass is 32.2. The third kappa shape index (κ3) is 1.80. The first-order chi connectivity index (χ1) is 7.65. The molecule has 0 amide bonds. The third-order valence-corrected chi connectivity index (χ3v) is 3.39. The molecule has 0 atom stereocenters. The van der Waals surface area contributed by atoms with Crippen molar-refractivity contribution in [3.63, 3.8) is 0 Å². The fraction of sp³-hybridized carbons (Fsp3) is 0.385. The lowest BCUT2D eigenvalue weighted by Crippen LogP contribution is -2.04. The van der Waals surface area contributed by atoms with E-state index in [0.29, 0.717) is 6.04 Å². The van der Waals surface area contributed by atoms with E-state index in [9.17, 15) is 0 Å². The Morgan fingerprint density at radius 2 is 2.12 bits per heavy atom. The van der Waals surface area contributed by atoms with E-state index in [1.165, 1.54) is 16.6 Å². The number of nitrogens with two attached hydrogens (primary N) is 1. The van der Waals surface area contributed by atoms with Crippen LogP contribution in [-0.2, 0) is 5.75 Å². The summed E-state index contributed by atoms with van der Waals surface area (Å²) in [6.45, 7) is 4.43. The molecule has 0 saturated carbocycles. The zero-order valence-electron chi connectivity index (χ0n) is 10.0. The molecule has 0 saturated heterocycles. The largest absolute Gasteiger partial charge is 0.398 e. The van der Waals surface area contributed by atoms with Crippen LogP contribution in [0.25, 0.3) is 10.9 Å². The summed E-state index contributed by atoms with van der Waals surface area (Å²) >= 11 is 1.85. The molecule has 0 fully saturated rings. The number of nitrogen functional groups attached to an aromatic ring is 1. The Kier molecular flexibility index (Phi) is 3.15. The molecule has 1 aromatic heterocycles. The normalized spacial score (nSPS) is 11.5. The Morgan fingerprint density at radius 1 is 1.38 bits per heavy atom. The molecular formula is C13H18N2S. The number of hydrogen-bond donors (Lipinski definition) is 1. The van der Waals surface area contributed by atoms with Gasteiger partial charge in [0.2, 0.25) is 0 Å². The topological polar surface area (TPSA) is 30.9 Å². The minimum Gasteiger partial charge on any atom is -0.398 e. The van der Waals surface area contributed by atoms with Gasteiger partial charge in [-0.2, -0.15) is 11.8 Å². The van der Waals surface area contributed by atoms with Crippen molar-refractivity contribution in [1.29, 1.82) is 0 Å². The van der Waals surface area contributed by atoms with Crippen LogP contribution in [0.2, 0.25) is 0 Å². The van der Waals surface area contributed by atoms with Crippen molar-refractivity contribution < 1.29 is 0 Å². The van der Waals surface area contributed by atoms with Gasteiger partial charge in [-0.15, -0.1) is 0 Å². The molecule has 0 aliphatic carbocycles. The summed E-state index contributed by atoms with van der Waals surface area (Å²) in [7, 11) is 0. The number of rotatable bonds is 3. The van der Waals surface area contributed by atoms with Crippen molar-refractivity contribution in [2.24, 2.45) is 0 Å². The smallest absolute Gasteiger partial charge is 0.0506 e. The Balaban J connectivity index is 2.70. The van der Waals surface area contributed by atoms with Crippen LogP contribution in [0.3, 0.4) is 0 Å². The molecule has 0 unspecified atom stereocenters. The van der Waals surface area contributed by atoms with Crippen molar-refractivity contribution >= 4 is 28.4 Å². The van der Waals surface area contributed by atoms with Crippen LogP contribution in [0.5, 0.6) is 0 Å². The SMILES string of the molecule is CSCc1cc2c(N)cccc2n1C(C)C. The molecule has 2 N–H and O–H groups in total. The zero-order valence-corrected chi connectivity index (χ0v) is 10.8. The van der Waals surface area contributed by atoms with Gasteiger partial charge in [0.25, 0.3) is 0 Å². The molecule has 0 aliphatic rings. The van der Waals surface area contributed by atoms with Gasteiger partial charge in [-0.1, -0.05) is 6.07 Å². The zero-order chi connectivity index (χ0) is 11.7. The van der Waals surface area contributed by atoms with Crippen LogP contribution < -0.4 is 5.73 Å². The van der Waals surface area contributed by atoms with Gasteiger partial charge in [-0.05, 0) is 38.3 Å². The lowest BCUT2D eigenvalue weighted by Gasteiger charge is -2.14. The monoisotopic (exact) mass is 234 g/mol. The third-order valence-electron chi connectivity index (χ3n) is 2.81. The molecule has 2 nitrogen and oxygen atoms in total. The van der Waals surface area contributed by atoms with Gasteiger partial charge >= 0.3 is 0 Å². The Bertz CT molecular complexity index is 500. The minimum absolute atomic E-state index is 0.474. The van der Waals surface area contributed by atoms with Gasteiger partial charge in [-0.25, -0.2) is 0 Å². The molecule has 0 aliphatic heterocycles. The van der Waals surface area contributed by atoms with Crippen LogP contribution >= 0.6 is 11.8 Å². The van der Waals surface area contributed by atoms with E-state index in [2.05, 4.69) is 36.8 Å². The van der Waals surface area contributed by atoms with E-state index in [-0.39, 0.29) is 0 Å². The summed E-state index contributed by atoms with van der Waals surface area (Å²) in [6, 6.07) is 8.84. The van der Waals surface area contributed by atoms with Crippen LogP contribution in [-0.4, -0.2) is 10.8 Å². The molecule has 0 spiro atoms. The second kappa shape index (κ2) is 4.42. The first kappa shape index (κ1) is 11.4. The number of hydrogen-bond acceptors (Lipinski definition) is 2. The molecule has 0 bridgehead atoms.